The van der Waals surface area contributed by atoms with E-state index in [4.69, 9.17) is 4.74 Å². The quantitative estimate of drug-likeness (QED) is 0.335. The van der Waals surface area contributed by atoms with Gasteiger partial charge in [-0.15, -0.1) is 0 Å². The molecule has 0 spiro atoms. The molecular formula is C15H9FI2O. The van der Waals surface area contributed by atoms with Gasteiger partial charge in [0, 0.05) is 18.3 Å². The number of ether oxygens (including phenoxy) is 1. The van der Waals surface area contributed by atoms with Gasteiger partial charge in [-0.25, -0.2) is 4.39 Å². The molecule has 0 N–H and O–H groups in total. The fourth-order valence-electron chi connectivity index (χ4n) is 1.46. The molecule has 0 unspecified atom stereocenters. The number of halogens is 3. The van der Waals surface area contributed by atoms with Crippen LogP contribution in [0.4, 0.5) is 4.39 Å². The summed E-state index contributed by atoms with van der Waals surface area (Å²) in [4.78, 5) is 0. The minimum atomic E-state index is -0.260. The molecule has 1 nitrogen and oxygen atoms in total. The second-order valence-corrected chi connectivity index (χ2v) is 5.97. The van der Waals surface area contributed by atoms with Gasteiger partial charge in [-0.2, -0.15) is 0 Å². The van der Waals surface area contributed by atoms with Crippen LogP contribution in [0.5, 0.6) is 5.75 Å². The number of hydrogen-bond donors (Lipinski definition) is 0. The van der Waals surface area contributed by atoms with E-state index in [0.717, 1.165) is 18.5 Å². The zero-order valence-electron chi connectivity index (χ0n) is 10.0. The predicted molar refractivity (Wildman–Crippen MR) is 90.8 cm³/mol. The number of rotatable bonds is 1. The fourth-order valence-corrected chi connectivity index (χ4v) is 2.50. The minimum absolute atomic E-state index is 0.260. The van der Waals surface area contributed by atoms with Gasteiger partial charge in [-0.3, -0.25) is 0 Å². The highest BCUT2D eigenvalue weighted by atomic mass is 127. The van der Waals surface area contributed by atoms with E-state index in [1.165, 1.54) is 12.1 Å². The normalized spacial score (nSPS) is 9.68. The molecule has 0 saturated carbocycles. The third-order valence-electron chi connectivity index (χ3n) is 2.42. The second-order valence-electron chi connectivity index (χ2n) is 3.73. The number of methoxy groups -OCH3 is 1. The third-order valence-corrected chi connectivity index (χ3v) is 5.47. The summed E-state index contributed by atoms with van der Waals surface area (Å²) < 4.78 is 20.3. The Morgan fingerprint density at radius 3 is 2.37 bits per heavy atom. The van der Waals surface area contributed by atoms with Crippen LogP contribution >= 0.6 is 45.2 Å². The topological polar surface area (TPSA) is 9.23 Å². The Kier molecular flexibility index (Phi) is 5.05. The Morgan fingerprint density at radius 1 is 1.05 bits per heavy atom. The van der Waals surface area contributed by atoms with Crippen LogP contribution in [0.25, 0.3) is 0 Å². The Labute approximate surface area is 138 Å². The van der Waals surface area contributed by atoms with Crippen LogP contribution in [0.3, 0.4) is 0 Å². The van der Waals surface area contributed by atoms with Crippen LogP contribution < -0.4 is 4.74 Å². The molecule has 0 aliphatic heterocycles. The second kappa shape index (κ2) is 6.57. The Balaban J connectivity index is 2.33. The van der Waals surface area contributed by atoms with E-state index in [1.54, 1.807) is 7.11 Å². The van der Waals surface area contributed by atoms with Gasteiger partial charge >= 0.3 is 0 Å². The van der Waals surface area contributed by atoms with Crippen molar-refractivity contribution in [3.05, 3.63) is 60.5 Å². The molecule has 4 heteroatoms. The minimum Gasteiger partial charge on any atom is -0.497 e. The Bertz CT molecular complexity index is 654. The molecule has 0 aliphatic carbocycles. The molecule has 0 aliphatic rings. The zero-order valence-corrected chi connectivity index (χ0v) is 14.3. The molecule has 0 amide bonds. The van der Waals surface area contributed by atoms with E-state index < -0.39 is 0 Å². The lowest BCUT2D eigenvalue weighted by Crippen LogP contribution is -1.89. The smallest absolute Gasteiger partial charge is 0.125 e. The monoisotopic (exact) mass is 478 g/mol. The van der Waals surface area contributed by atoms with E-state index in [2.05, 4.69) is 57.0 Å². The SMILES string of the molecule is COc1ccc(C#Cc2cc(F)cc(I)c2I)cc1. The highest BCUT2D eigenvalue weighted by Gasteiger charge is 2.04. The van der Waals surface area contributed by atoms with Crippen molar-refractivity contribution in [3.8, 4) is 17.6 Å². The highest BCUT2D eigenvalue weighted by molar-refractivity contribution is 14.1. The summed E-state index contributed by atoms with van der Waals surface area (Å²) >= 11 is 4.29. The molecule has 0 heterocycles. The molecule has 0 aromatic heterocycles. The molecule has 96 valence electrons. The molecule has 2 aromatic rings. The van der Waals surface area contributed by atoms with Crippen molar-refractivity contribution in [2.75, 3.05) is 7.11 Å². The standard InChI is InChI=1S/C15H9FI2O/c1-19-13-6-3-10(4-7-13)2-5-11-8-12(16)9-14(17)15(11)18/h3-4,6-9H,1H3. The molecule has 0 bridgehead atoms. The summed E-state index contributed by atoms with van der Waals surface area (Å²) in [6, 6.07) is 10.4. The van der Waals surface area contributed by atoms with Crippen LogP contribution in [-0.2, 0) is 0 Å². The summed E-state index contributed by atoms with van der Waals surface area (Å²) in [7, 11) is 1.62. The van der Waals surface area contributed by atoms with E-state index in [0.29, 0.717) is 5.56 Å². The molecule has 0 saturated heterocycles. The van der Waals surface area contributed by atoms with Crippen LogP contribution in [0.15, 0.2) is 36.4 Å². The van der Waals surface area contributed by atoms with Crippen molar-refractivity contribution in [3.63, 3.8) is 0 Å². The van der Waals surface area contributed by atoms with Crippen molar-refractivity contribution < 1.29 is 9.13 Å². The van der Waals surface area contributed by atoms with E-state index in [-0.39, 0.29) is 5.82 Å². The molecule has 0 fully saturated rings. The molecule has 0 atom stereocenters. The highest BCUT2D eigenvalue weighted by Crippen LogP contribution is 2.20. The van der Waals surface area contributed by atoms with Gasteiger partial charge in [0.15, 0.2) is 0 Å². The molecular weight excluding hydrogens is 469 g/mol. The van der Waals surface area contributed by atoms with Gasteiger partial charge in [0.2, 0.25) is 0 Å². The van der Waals surface area contributed by atoms with Crippen molar-refractivity contribution >= 4 is 45.2 Å². The average Bonchev–Trinajstić information content (AvgIpc) is 2.41. The fraction of sp³-hybridized carbons (Fsp3) is 0.0667. The first-order valence-electron chi connectivity index (χ1n) is 5.41. The van der Waals surface area contributed by atoms with Crippen LogP contribution in [0.1, 0.15) is 11.1 Å². The van der Waals surface area contributed by atoms with E-state index in [9.17, 15) is 4.39 Å². The lowest BCUT2D eigenvalue weighted by molar-refractivity contribution is 0.415. The van der Waals surface area contributed by atoms with Gasteiger partial charge in [-0.1, -0.05) is 11.8 Å². The average molecular weight is 478 g/mol. The van der Waals surface area contributed by atoms with Crippen molar-refractivity contribution in [1.82, 2.24) is 0 Å². The number of benzene rings is 2. The molecule has 0 radical (unpaired) electrons. The molecule has 2 aromatic carbocycles. The van der Waals surface area contributed by atoms with E-state index in [1.807, 2.05) is 24.3 Å². The summed E-state index contributed by atoms with van der Waals surface area (Å²) in [5.41, 5.74) is 1.58. The van der Waals surface area contributed by atoms with Gasteiger partial charge in [0.1, 0.15) is 11.6 Å². The van der Waals surface area contributed by atoms with Crippen LogP contribution in [-0.4, -0.2) is 7.11 Å². The van der Waals surface area contributed by atoms with Gasteiger partial charge in [0.05, 0.1) is 7.11 Å². The van der Waals surface area contributed by atoms with Gasteiger partial charge in [0.25, 0.3) is 0 Å². The van der Waals surface area contributed by atoms with Crippen LogP contribution in [0, 0.1) is 24.8 Å². The summed E-state index contributed by atoms with van der Waals surface area (Å²) in [6.45, 7) is 0. The summed E-state index contributed by atoms with van der Waals surface area (Å²) in [5, 5.41) is 0. The lowest BCUT2D eigenvalue weighted by Gasteiger charge is -2.00. The Morgan fingerprint density at radius 2 is 1.74 bits per heavy atom. The number of hydrogen-bond acceptors (Lipinski definition) is 1. The maximum Gasteiger partial charge on any atom is 0.125 e. The van der Waals surface area contributed by atoms with Gasteiger partial charge in [-0.05, 0) is 81.6 Å². The first-order chi connectivity index (χ1) is 9.10. The van der Waals surface area contributed by atoms with Gasteiger partial charge < -0.3 is 4.74 Å². The molecule has 2 rings (SSSR count). The maximum atomic E-state index is 13.3. The molecule has 19 heavy (non-hydrogen) atoms. The zero-order chi connectivity index (χ0) is 13.8. The summed E-state index contributed by atoms with van der Waals surface area (Å²) in [6.07, 6.45) is 0. The van der Waals surface area contributed by atoms with Crippen LogP contribution in [0.2, 0.25) is 0 Å². The third kappa shape index (κ3) is 3.83. The van der Waals surface area contributed by atoms with Crippen molar-refractivity contribution in [1.29, 1.82) is 0 Å². The lowest BCUT2D eigenvalue weighted by atomic mass is 10.2. The summed E-state index contributed by atoms with van der Waals surface area (Å²) in [5.74, 6) is 6.56. The van der Waals surface area contributed by atoms with Crippen molar-refractivity contribution in [2.24, 2.45) is 0 Å². The maximum absolute atomic E-state index is 13.3. The van der Waals surface area contributed by atoms with Crippen molar-refractivity contribution in [2.45, 2.75) is 0 Å². The van der Waals surface area contributed by atoms with E-state index >= 15 is 0 Å². The first-order valence-corrected chi connectivity index (χ1v) is 7.56. The largest absolute Gasteiger partial charge is 0.497 e. The predicted octanol–water partition coefficient (Wildman–Crippen LogP) is 4.44. The Hall–Kier alpha value is -0.810. The first kappa shape index (κ1) is 14.6.